The summed E-state index contributed by atoms with van der Waals surface area (Å²) in [6.07, 6.45) is 3.19. The van der Waals surface area contributed by atoms with E-state index in [0.717, 1.165) is 56.0 Å². The first kappa shape index (κ1) is 23.4. The maximum absolute atomic E-state index is 12.7. The Bertz CT molecular complexity index is 964. The predicted molar refractivity (Wildman–Crippen MR) is 124 cm³/mol. The van der Waals surface area contributed by atoms with Gasteiger partial charge in [0.25, 0.3) is 0 Å². The van der Waals surface area contributed by atoms with Crippen LogP contribution in [0.15, 0.2) is 53.4 Å². The fraction of sp³-hybridized carbons (Fsp3) is 0.458. The number of carbonyl (C=O) groups excluding carboxylic acids is 1. The minimum absolute atomic E-state index is 0.146. The van der Waals surface area contributed by atoms with Crippen LogP contribution in [0.25, 0.3) is 0 Å². The summed E-state index contributed by atoms with van der Waals surface area (Å²) in [5.41, 5.74) is 2.93. The molecule has 0 radical (unpaired) electrons. The third-order valence-electron chi connectivity index (χ3n) is 5.82. The molecule has 0 aromatic heterocycles. The number of benzene rings is 2. The Morgan fingerprint density at radius 2 is 1.65 bits per heavy atom. The minimum atomic E-state index is -3.19. The second-order valence-corrected chi connectivity index (χ2v) is 10.4. The molecule has 31 heavy (non-hydrogen) atoms. The van der Waals surface area contributed by atoms with E-state index in [1.54, 1.807) is 12.1 Å². The quantitative estimate of drug-likeness (QED) is 0.554. The van der Waals surface area contributed by atoms with Gasteiger partial charge in [0, 0.05) is 43.1 Å². The average Bonchev–Trinajstić information content (AvgIpc) is 2.76. The zero-order chi connectivity index (χ0) is 22.4. The Labute approximate surface area is 185 Å². The van der Waals surface area contributed by atoms with E-state index in [4.69, 9.17) is 4.74 Å². The maximum Gasteiger partial charge on any atom is 0.175 e. The summed E-state index contributed by atoms with van der Waals surface area (Å²) in [5.74, 6) is 0.146. The van der Waals surface area contributed by atoms with Crippen molar-refractivity contribution in [3.05, 3.63) is 59.7 Å². The summed E-state index contributed by atoms with van der Waals surface area (Å²) in [6.45, 7) is 3.24. The van der Waals surface area contributed by atoms with Crippen molar-refractivity contribution >= 4 is 21.3 Å². The molecule has 7 heteroatoms. The molecule has 1 saturated heterocycles. The lowest BCUT2D eigenvalue weighted by atomic mass is 9.97. The molecule has 1 unspecified atom stereocenters. The van der Waals surface area contributed by atoms with E-state index in [-0.39, 0.29) is 11.8 Å². The number of sulfone groups is 1. The van der Waals surface area contributed by atoms with Crippen LogP contribution >= 0.6 is 0 Å². The van der Waals surface area contributed by atoms with Gasteiger partial charge in [-0.05, 0) is 68.9 Å². The SMILES string of the molecule is CN(C)C(CCC(=O)c1ccc(N2CCOCC2)cc1)Cc1ccc(S(C)(=O)=O)cc1. The highest BCUT2D eigenvalue weighted by atomic mass is 32.2. The molecule has 2 aromatic carbocycles. The van der Waals surface area contributed by atoms with Crippen molar-refractivity contribution in [1.82, 2.24) is 4.90 Å². The third-order valence-corrected chi connectivity index (χ3v) is 6.95. The Kier molecular flexibility index (Phi) is 7.86. The average molecular weight is 445 g/mol. The number of anilines is 1. The van der Waals surface area contributed by atoms with Gasteiger partial charge in [0.2, 0.25) is 0 Å². The van der Waals surface area contributed by atoms with Gasteiger partial charge in [-0.3, -0.25) is 4.79 Å². The van der Waals surface area contributed by atoms with E-state index < -0.39 is 9.84 Å². The number of ketones is 1. The molecule has 1 atom stereocenters. The summed E-state index contributed by atoms with van der Waals surface area (Å²) >= 11 is 0. The number of morpholine rings is 1. The molecule has 0 saturated carbocycles. The van der Waals surface area contributed by atoms with E-state index in [0.29, 0.717) is 11.3 Å². The number of rotatable bonds is 9. The van der Waals surface area contributed by atoms with Gasteiger partial charge in [0.05, 0.1) is 18.1 Å². The van der Waals surface area contributed by atoms with Gasteiger partial charge in [-0.1, -0.05) is 12.1 Å². The second-order valence-electron chi connectivity index (χ2n) is 8.35. The molecule has 0 spiro atoms. The van der Waals surface area contributed by atoms with Gasteiger partial charge in [-0.25, -0.2) is 8.42 Å². The normalized spacial score (nSPS) is 15.8. The van der Waals surface area contributed by atoms with Crippen LogP contribution in [-0.2, 0) is 21.0 Å². The van der Waals surface area contributed by atoms with Crippen LogP contribution in [0.3, 0.4) is 0 Å². The topological polar surface area (TPSA) is 66.9 Å². The third kappa shape index (κ3) is 6.63. The molecular formula is C24H32N2O4S. The molecule has 0 amide bonds. The zero-order valence-corrected chi connectivity index (χ0v) is 19.4. The summed E-state index contributed by atoms with van der Waals surface area (Å²) in [5, 5.41) is 0. The van der Waals surface area contributed by atoms with E-state index in [1.807, 2.05) is 50.5 Å². The lowest BCUT2D eigenvalue weighted by molar-refractivity contribution is 0.0968. The number of likely N-dealkylation sites (N-methyl/N-ethyl adjacent to an activating group) is 1. The Morgan fingerprint density at radius 3 is 2.19 bits per heavy atom. The second kappa shape index (κ2) is 10.4. The van der Waals surface area contributed by atoms with Gasteiger partial charge >= 0.3 is 0 Å². The predicted octanol–water partition coefficient (Wildman–Crippen LogP) is 3.06. The first-order valence-electron chi connectivity index (χ1n) is 10.7. The van der Waals surface area contributed by atoms with Crippen LogP contribution < -0.4 is 4.90 Å². The van der Waals surface area contributed by atoms with Crippen LogP contribution in [0.4, 0.5) is 5.69 Å². The molecule has 0 N–H and O–H groups in total. The number of hydrogen-bond donors (Lipinski definition) is 0. The van der Waals surface area contributed by atoms with Crippen LogP contribution in [-0.4, -0.2) is 71.8 Å². The first-order chi connectivity index (χ1) is 14.7. The van der Waals surface area contributed by atoms with Crippen molar-refractivity contribution in [1.29, 1.82) is 0 Å². The van der Waals surface area contributed by atoms with Crippen molar-refractivity contribution in [3.63, 3.8) is 0 Å². The molecule has 0 aliphatic carbocycles. The zero-order valence-electron chi connectivity index (χ0n) is 18.6. The molecule has 1 heterocycles. The van der Waals surface area contributed by atoms with Crippen molar-refractivity contribution in [3.8, 4) is 0 Å². The van der Waals surface area contributed by atoms with E-state index >= 15 is 0 Å². The molecule has 6 nitrogen and oxygen atoms in total. The fourth-order valence-electron chi connectivity index (χ4n) is 3.81. The van der Waals surface area contributed by atoms with Gasteiger partial charge in [-0.15, -0.1) is 0 Å². The Morgan fingerprint density at radius 1 is 1.03 bits per heavy atom. The first-order valence-corrected chi connectivity index (χ1v) is 12.5. The summed E-state index contributed by atoms with van der Waals surface area (Å²) in [4.78, 5) is 17.5. The minimum Gasteiger partial charge on any atom is -0.378 e. The number of nitrogens with zero attached hydrogens (tertiary/aromatic N) is 2. The standard InChI is InChI=1S/C24H32N2O4S/c1-25(2)22(18-19-4-11-23(12-5-19)31(3,28)29)10-13-24(27)20-6-8-21(9-7-20)26-14-16-30-17-15-26/h4-9,11-12,22H,10,13-18H2,1-3H3. The van der Waals surface area contributed by atoms with E-state index in [1.165, 1.54) is 6.26 Å². The van der Waals surface area contributed by atoms with Gasteiger partial charge in [-0.2, -0.15) is 0 Å². The molecule has 2 aromatic rings. The van der Waals surface area contributed by atoms with Crippen LogP contribution in [0.5, 0.6) is 0 Å². The number of Topliss-reactive ketones (excluding diaryl/α,β-unsaturated/α-hetero) is 1. The highest BCUT2D eigenvalue weighted by Crippen LogP contribution is 2.20. The van der Waals surface area contributed by atoms with Crippen molar-refractivity contribution in [2.75, 3.05) is 51.6 Å². The monoisotopic (exact) mass is 444 g/mol. The number of carbonyl (C=O) groups is 1. The Hall–Kier alpha value is -2.22. The summed E-state index contributed by atoms with van der Waals surface area (Å²) in [7, 11) is 0.831. The van der Waals surface area contributed by atoms with Crippen LogP contribution in [0, 0.1) is 0 Å². The summed E-state index contributed by atoms with van der Waals surface area (Å²) < 4.78 is 28.7. The number of ether oxygens (including phenoxy) is 1. The molecule has 0 bridgehead atoms. The molecule has 3 rings (SSSR count). The van der Waals surface area contributed by atoms with Crippen LogP contribution in [0.2, 0.25) is 0 Å². The molecular weight excluding hydrogens is 412 g/mol. The number of hydrogen-bond acceptors (Lipinski definition) is 6. The van der Waals surface area contributed by atoms with Crippen LogP contribution in [0.1, 0.15) is 28.8 Å². The van der Waals surface area contributed by atoms with Crippen molar-refractivity contribution in [2.45, 2.75) is 30.2 Å². The smallest absolute Gasteiger partial charge is 0.175 e. The lowest BCUT2D eigenvalue weighted by Crippen LogP contribution is -2.36. The van der Waals surface area contributed by atoms with Gasteiger partial charge in [0.15, 0.2) is 15.6 Å². The fourth-order valence-corrected chi connectivity index (χ4v) is 4.44. The molecule has 1 fully saturated rings. The Balaban J connectivity index is 1.57. The maximum atomic E-state index is 12.7. The lowest BCUT2D eigenvalue weighted by Gasteiger charge is -2.28. The van der Waals surface area contributed by atoms with Crippen molar-refractivity contribution < 1.29 is 17.9 Å². The highest BCUT2D eigenvalue weighted by Gasteiger charge is 2.17. The van der Waals surface area contributed by atoms with E-state index in [2.05, 4.69) is 9.80 Å². The summed E-state index contributed by atoms with van der Waals surface area (Å²) in [6, 6.07) is 15.1. The van der Waals surface area contributed by atoms with Gasteiger partial charge < -0.3 is 14.5 Å². The molecule has 168 valence electrons. The molecule has 1 aliphatic rings. The largest absolute Gasteiger partial charge is 0.378 e. The van der Waals surface area contributed by atoms with Gasteiger partial charge in [0.1, 0.15) is 0 Å². The molecule has 1 aliphatic heterocycles. The van der Waals surface area contributed by atoms with E-state index in [9.17, 15) is 13.2 Å². The van der Waals surface area contributed by atoms with Crippen molar-refractivity contribution in [2.24, 2.45) is 0 Å². The highest BCUT2D eigenvalue weighted by molar-refractivity contribution is 7.90.